The minimum atomic E-state index is -0.323. The van der Waals surface area contributed by atoms with Crippen molar-refractivity contribution in [2.75, 3.05) is 10.6 Å². The molecule has 4 amide bonds. The lowest BCUT2D eigenvalue weighted by Crippen LogP contribution is -2.36. The Hall–Kier alpha value is -4.14. The van der Waals surface area contributed by atoms with Crippen LogP contribution in [0.2, 0.25) is 0 Å². The zero-order valence-electron chi connectivity index (χ0n) is 16.9. The molecule has 1 aromatic heterocycles. The fourth-order valence-electron chi connectivity index (χ4n) is 3.36. The Labute approximate surface area is 178 Å². The third-order valence-corrected chi connectivity index (χ3v) is 4.92. The van der Waals surface area contributed by atoms with Crippen molar-refractivity contribution in [2.45, 2.75) is 26.6 Å². The largest absolute Gasteiger partial charge is 0.334 e. The number of H-pyrrole nitrogens is 1. The second-order valence-corrected chi connectivity index (χ2v) is 7.24. The number of nitrogens with one attached hydrogen (secondary N) is 4. The maximum atomic E-state index is 12.6. The van der Waals surface area contributed by atoms with Gasteiger partial charge in [0.1, 0.15) is 0 Å². The van der Waals surface area contributed by atoms with Gasteiger partial charge in [0.25, 0.3) is 5.91 Å². The molecule has 0 spiro atoms. The van der Waals surface area contributed by atoms with E-state index < -0.39 is 0 Å². The summed E-state index contributed by atoms with van der Waals surface area (Å²) in [7, 11) is 0. The van der Waals surface area contributed by atoms with Gasteiger partial charge in [-0.05, 0) is 29.8 Å². The number of aromatic amines is 1. The third-order valence-electron chi connectivity index (χ3n) is 4.92. The van der Waals surface area contributed by atoms with Crippen molar-refractivity contribution in [2.24, 2.45) is 0 Å². The van der Waals surface area contributed by atoms with Crippen molar-refractivity contribution in [3.05, 3.63) is 77.0 Å². The summed E-state index contributed by atoms with van der Waals surface area (Å²) < 4.78 is 0. The van der Waals surface area contributed by atoms with Gasteiger partial charge in [-0.3, -0.25) is 14.7 Å². The van der Waals surface area contributed by atoms with Crippen LogP contribution < -0.4 is 16.0 Å². The van der Waals surface area contributed by atoms with Crippen molar-refractivity contribution >= 4 is 29.4 Å². The van der Waals surface area contributed by atoms with Gasteiger partial charge in [-0.15, -0.1) is 0 Å². The lowest BCUT2D eigenvalue weighted by molar-refractivity contribution is -0.114. The molecule has 4 N–H and O–H groups in total. The molecule has 0 aliphatic carbocycles. The molecule has 1 aliphatic rings. The molecule has 0 fully saturated rings. The Morgan fingerprint density at radius 2 is 1.74 bits per heavy atom. The predicted molar refractivity (Wildman–Crippen MR) is 115 cm³/mol. The van der Waals surface area contributed by atoms with E-state index in [2.05, 4.69) is 26.1 Å². The fourth-order valence-corrected chi connectivity index (χ4v) is 3.36. The number of carbonyl (C=O) groups is 3. The highest BCUT2D eigenvalue weighted by molar-refractivity contribution is 6.04. The molecule has 0 saturated carbocycles. The number of hydrogen-bond acceptors (Lipinski definition) is 4. The van der Waals surface area contributed by atoms with Crippen LogP contribution in [0.5, 0.6) is 0 Å². The Morgan fingerprint density at radius 3 is 2.45 bits per heavy atom. The first kappa shape index (κ1) is 20.1. The van der Waals surface area contributed by atoms with E-state index in [0.717, 1.165) is 16.8 Å². The zero-order chi connectivity index (χ0) is 21.8. The van der Waals surface area contributed by atoms with E-state index in [9.17, 15) is 14.4 Å². The van der Waals surface area contributed by atoms with Gasteiger partial charge in [-0.2, -0.15) is 5.10 Å². The summed E-state index contributed by atoms with van der Waals surface area (Å²) in [5.41, 5.74) is 3.65. The summed E-state index contributed by atoms with van der Waals surface area (Å²) in [4.78, 5) is 37.8. The number of fused-ring (bicyclic) bond motifs is 1. The lowest BCUT2D eigenvalue weighted by atomic mass is 10.2. The van der Waals surface area contributed by atoms with Gasteiger partial charge in [0.05, 0.1) is 18.8 Å². The van der Waals surface area contributed by atoms with Crippen LogP contribution in [-0.4, -0.2) is 32.9 Å². The van der Waals surface area contributed by atoms with Gasteiger partial charge in [-0.25, -0.2) is 4.79 Å². The van der Waals surface area contributed by atoms with E-state index in [4.69, 9.17) is 0 Å². The zero-order valence-corrected chi connectivity index (χ0v) is 16.9. The second-order valence-electron chi connectivity index (χ2n) is 7.24. The summed E-state index contributed by atoms with van der Waals surface area (Å²) in [6.07, 6.45) is 0. The molecule has 9 heteroatoms. The molecule has 0 unspecified atom stereocenters. The number of anilines is 2. The summed E-state index contributed by atoms with van der Waals surface area (Å²) >= 11 is 0. The molecule has 31 heavy (non-hydrogen) atoms. The van der Waals surface area contributed by atoms with Crippen LogP contribution in [-0.2, 0) is 24.4 Å². The predicted octanol–water partition coefficient (Wildman–Crippen LogP) is 2.85. The number of rotatable bonds is 5. The molecule has 9 nitrogen and oxygen atoms in total. The second kappa shape index (κ2) is 8.70. The summed E-state index contributed by atoms with van der Waals surface area (Å²) in [5.74, 6) is -0.0957. The molecule has 4 rings (SSSR count). The van der Waals surface area contributed by atoms with Crippen LogP contribution in [0.4, 0.5) is 16.3 Å². The minimum Gasteiger partial charge on any atom is -0.334 e. The number of carbonyl (C=O) groups excluding carboxylic acids is 3. The smallest absolute Gasteiger partial charge is 0.318 e. The summed E-state index contributed by atoms with van der Waals surface area (Å²) in [5, 5.41) is 15.4. The molecule has 0 saturated heterocycles. The van der Waals surface area contributed by atoms with E-state index >= 15 is 0 Å². The van der Waals surface area contributed by atoms with Crippen LogP contribution in [0.15, 0.2) is 54.6 Å². The van der Waals surface area contributed by atoms with E-state index in [-0.39, 0.29) is 17.8 Å². The highest BCUT2D eigenvalue weighted by atomic mass is 16.2. The lowest BCUT2D eigenvalue weighted by Gasteiger charge is -2.17. The Morgan fingerprint density at radius 1 is 1.00 bits per heavy atom. The third kappa shape index (κ3) is 4.72. The first-order valence-electron chi connectivity index (χ1n) is 9.81. The highest BCUT2D eigenvalue weighted by Gasteiger charge is 2.28. The molecule has 0 radical (unpaired) electrons. The van der Waals surface area contributed by atoms with Crippen LogP contribution >= 0.6 is 0 Å². The molecule has 2 heterocycles. The van der Waals surface area contributed by atoms with Crippen molar-refractivity contribution < 1.29 is 14.4 Å². The molecule has 158 valence electrons. The minimum absolute atomic E-state index is 0.179. The summed E-state index contributed by atoms with van der Waals surface area (Å²) in [6, 6.07) is 16.1. The number of urea groups is 1. The topological polar surface area (TPSA) is 119 Å². The van der Waals surface area contributed by atoms with Crippen LogP contribution in [0.1, 0.15) is 34.1 Å². The van der Waals surface area contributed by atoms with Gasteiger partial charge in [0.2, 0.25) is 5.91 Å². The standard InChI is InChI=1S/C22H22N6O3/c1-14(29)24-17-9-7-16(8-10-17)21(30)25-20-18-12-28(13-19(18)26-27-20)22(31)23-11-15-5-3-2-4-6-15/h2-10H,11-13H2,1H3,(H,23,31)(H,24,29)(H2,25,26,27,30). The molecule has 0 atom stereocenters. The Balaban J connectivity index is 1.35. The van der Waals surface area contributed by atoms with Crippen molar-refractivity contribution in [1.82, 2.24) is 20.4 Å². The van der Waals surface area contributed by atoms with Crippen molar-refractivity contribution in [1.29, 1.82) is 0 Å². The van der Waals surface area contributed by atoms with Crippen molar-refractivity contribution in [3.8, 4) is 0 Å². The highest BCUT2D eigenvalue weighted by Crippen LogP contribution is 2.27. The summed E-state index contributed by atoms with van der Waals surface area (Å²) in [6.45, 7) is 2.61. The van der Waals surface area contributed by atoms with E-state index in [1.54, 1.807) is 29.2 Å². The first-order valence-corrected chi connectivity index (χ1v) is 9.81. The number of nitrogens with zero attached hydrogens (tertiary/aromatic N) is 2. The van der Waals surface area contributed by atoms with Gasteiger partial charge < -0.3 is 20.9 Å². The first-order chi connectivity index (χ1) is 15.0. The monoisotopic (exact) mass is 418 g/mol. The van der Waals surface area contributed by atoms with E-state index in [1.165, 1.54) is 6.92 Å². The van der Waals surface area contributed by atoms with Gasteiger partial charge >= 0.3 is 6.03 Å². The van der Waals surface area contributed by atoms with Gasteiger partial charge in [0.15, 0.2) is 5.82 Å². The van der Waals surface area contributed by atoms with Crippen LogP contribution in [0.3, 0.4) is 0 Å². The average Bonchev–Trinajstić information content (AvgIpc) is 3.35. The van der Waals surface area contributed by atoms with Gasteiger partial charge in [-0.1, -0.05) is 30.3 Å². The van der Waals surface area contributed by atoms with E-state index in [1.807, 2.05) is 30.3 Å². The number of benzene rings is 2. The fraction of sp³-hybridized carbons (Fsp3) is 0.182. The molecule has 1 aliphatic heterocycles. The molecular weight excluding hydrogens is 396 g/mol. The average molecular weight is 418 g/mol. The molecule has 0 bridgehead atoms. The number of amides is 4. The van der Waals surface area contributed by atoms with Crippen molar-refractivity contribution in [3.63, 3.8) is 0 Å². The number of aromatic nitrogens is 2. The Bertz CT molecular complexity index is 1110. The quantitative estimate of drug-likeness (QED) is 0.509. The molecule has 3 aromatic rings. The number of hydrogen-bond donors (Lipinski definition) is 4. The molecule has 2 aromatic carbocycles. The Kier molecular flexibility index (Phi) is 5.65. The van der Waals surface area contributed by atoms with E-state index in [0.29, 0.717) is 36.7 Å². The normalized spacial score (nSPS) is 12.2. The van der Waals surface area contributed by atoms with Gasteiger partial charge in [0, 0.05) is 30.3 Å². The molecular formula is C22H22N6O3. The van der Waals surface area contributed by atoms with Crippen LogP contribution in [0.25, 0.3) is 0 Å². The van der Waals surface area contributed by atoms with Crippen LogP contribution in [0, 0.1) is 0 Å². The SMILES string of the molecule is CC(=O)Nc1ccc(C(=O)Nc2n[nH]c3c2CN(C(=O)NCc2ccccc2)C3)cc1. The maximum Gasteiger partial charge on any atom is 0.318 e. The maximum absolute atomic E-state index is 12.6.